The maximum Gasteiger partial charge on any atom is 0.139 e. The lowest BCUT2D eigenvalue weighted by Gasteiger charge is -2.14. The van der Waals surface area contributed by atoms with E-state index in [2.05, 4.69) is 20.8 Å². The number of hydrogen-bond donors (Lipinski definition) is 0. The highest BCUT2D eigenvalue weighted by Crippen LogP contribution is 2.34. The molecule has 0 aliphatic carbocycles. The predicted molar refractivity (Wildman–Crippen MR) is 109 cm³/mol. The zero-order valence-corrected chi connectivity index (χ0v) is 16.9. The molecule has 3 rings (SSSR count). The van der Waals surface area contributed by atoms with Gasteiger partial charge in [-0.1, -0.05) is 20.8 Å². The van der Waals surface area contributed by atoms with Crippen LogP contribution in [0.25, 0.3) is 31.3 Å². The summed E-state index contributed by atoms with van der Waals surface area (Å²) in [5, 5.41) is 40.8. The van der Waals surface area contributed by atoms with E-state index < -0.39 is 0 Å². The number of nitriles is 4. The van der Waals surface area contributed by atoms with E-state index in [1.807, 2.05) is 43.3 Å². The highest BCUT2D eigenvalue weighted by Gasteiger charge is 2.21. The van der Waals surface area contributed by atoms with Crippen LogP contribution >= 0.6 is 22.7 Å². The highest BCUT2D eigenvalue weighted by molar-refractivity contribution is 7.21. The van der Waals surface area contributed by atoms with E-state index in [1.54, 1.807) is 0 Å². The summed E-state index contributed by atoms with van der Waals surface area (Å²) >= 11 is 2.99. The number of fused-ring (bicyclic) bond motifs is 2. The second-order valence-corrected chi connectivity index (χ2v) is 9.46. The third-order valence-corrected chi connectivity index (χ3v) is 6.91. The van der Waals surface area contributed by atoms with Crippen molar-refractivity contribution in [2.75, 3.05) is 0 Å². The van der Waals surface area contributed by atoms with Crippen LogP contribution in [-0.2, 0) is 5.41 Å². The van der Waals surface area contributed by atoms with E-state index in [0.29, 0.717) is 10.4 Å². The second kappa shape index (κ2) is 6.53. The monoisotopic (exact) mass is 386 g/mol. The van der Waals surface area contributed by atoms with Crippen molar-refractivity contribution in [1.29, 1.82) is 21.0 Å². The average molecular weight is 387 g/mol. The van der Waals surface area contributed by atoms with Crippen LogP contribution in [0.3, 0.4) is 0 Å². The Morgan fingerprint density at radius 1 is 0.778 bits per heavy atom. The fraction of sp³-hybridized carbons (Fsp3) is 0.238. The van der Waals surface area contributed by atoms with E-state index in [0.717, 1.165) is 29.9 Å². The lowest BCUT2D eigenvalue weighted by Crippen LogP contribution is -2.15. The Balaban J connectivity index is 2.88. The molecule has 130 valence electrons. The lowest BCUT2D eigenvalue weighted by atomic mass is 9.93. The van der Waals surface area contributed by atoms with E-state index in [1.165, 1.54) is 22.7 Å². The molecule has 27 heavy (non-hydrogen) atoms. The fourth-order valence-corrected chi connectivity index (χ4v) is 5.46. The van der Waals surface area contributed by atoms with E-state index in [9.17, 15) is 21.0 Å². The minimum atomic E-state index is -0.138. The zero-order chi connectivity index (χ0) is 19.9. The number of hydrogen-bond acceptors (Lipinski definition) is 6. The van der Waals surface area contributed by atoms with Crippen LogP contribution in [-0.4, -0.2) is 0 Å². The van der Waals surface area contributed by atoms with Gasteiger partial charge in [0.05, 0.1) is 0 Å². The number of benzene rings is 1. The summed E-state index contributed by atoms with van der Waals surface area (Å²) in [6.45, 7) is 8.19. The Morgan fingerprint density at radius 3 is 1.78 bits per heavy atom. The smallest absolute Gasteiger partial charge is 0.139 e. The van der Waals surface area contributed by atoms with Gasteiger partial charge in [-0.3, -0.25) is 0 Å². The van der Waals surface area contributed by atoms with Gasteiger partial charge >= 0.3 is 0 Å². The van der Waals surface area contributed by atoms with Crippen LogP contribution in [0, 0.1) is 52.2 Å². The molecule has 0 saturated carbocycles. The van der Waals surface area contributed by atoms with Gasteiger partial charge in [0.1, 0.15) is 35.4 Å². The molecular formula is C21H14N4S2. The van der Waals surface area contributed by atoms with Crippen molar-refractivity contribution in [2.24, 2.45) is 0 Å². The molecule has 3 aromatic rings. The van der Waals surface area contributed by atoms with Gasteiger partial charge < -0.3 is 0 Å². The van der Waals surface area contributed by atoms with E-state index in [4.69, 9.17) is 0 Å². The molecule has 0 fully saturated rings. The Hall–Kier alpha value is -3.16. The largest absolute Gasteiger partial charge is 0.192 e. The first-order chi connectivity index (χ1) is 12.8. The van der Waals surface area contributed by atoms with Crippen molar-refractivity contribution in [3.05, 3.63) is 32.3 Å². The number of nitrogens with zero attached hydrogens (tertiary/aromatic N) is 4. The molecule has 0 spiro atoms. The molecule has 0 atom stereocenters. The Bertz CT molecular complexity index is 1270. The van der Waals surface area contributed by atoms with Crippen LogP contribution in [0.1, 0.15) is 30.5 Å². The van der Waals surface area contributed by atoms with Gasteiger partial charge in [-0.25, -0.2) is 0 Å². The molecule has 4 nitrogen and oxygen atoms in total. The molecule has 0 radical (unpaired) electrons. The molecule has 2 aromatic heterocycles. The summed E-state index contributed by atoms with van der Waals surface area (Å²) in [6.07, 6.45) is 0. The maximum atomic E-state index is 9.53. The van der Waals surface area contributed by atoms with Crippen molar-refractivity contribution < 1.29 is 0 Å². The maximum absolute atomic E-state index is 9.53. The quantitative estimate of drug-likeness (QED) is 0.581. The minimum Gasteiger partial charge on any atom is -0.192 e. The molecule has 0 aliphatic rings. The van der Waals surface area contributed by atoms with Gasteiger partial charge in [0.2, 0.25) is 0 Å². The van der Waals surface area contributed by atoms with Crippen LogP contribution in [0.15, 0.2) is 12.1 Å². The van der Waals surface area contributed by atoms with Crippen LogP contribution < -0.4 is 10.4 Å². The molecule has 2 heterocycles. The zero-order valence-electron chi connectivity index (χ0n) is 15.3. The van der Waals surface area contributed by atoms with Crippen molar-refractivity contribution in [3.63, 3.8) is 0 Å². The molecule has 0 amide bonds. The topological polar surface area (TPSA) is 95.2 Å². The summed E-state index contributed by atoms with van der Waals surface area (Å²) in [4.78, 5) is 2.06. The van der Waals surface area contributed by atoms with Gasteiger partial charge in [-0.2, -0.15) is 21.0 Å². The van der Waals surface area contributed by atoms with Crippen LogP contribution in [0.2, 0.25) is 0 Å². The van der Waals surface area contributed by atoms with Gasteiger partial charge in [0.15, 0.2) is 0 Å². The molecule has 0 bridgehead atoms. The number of rotatable bonds is 0. The number of thiophene rings is 2. The Kier molecular flexibility index (Phi) is 4.51. The third kappa shape index (κ3) is 2.87. The third-order valence-electron chi connectivity index (χ3n) is 4.27. The molecule has 6 heteroatoms. The summed E-state index contributed by atoms with van der Waals surface area (Å²) < 4.78 is 1.56. The standard InChI is InChI=1S/C21H14N4S2/c1-11-5-14-17(12(7-22)8-23)15-6-16(21(2,3)4)27-20(15)18(19(14)26-11)13(9-24)10-25/h5-6H,1-4H3. The van der Waals surface area contributed by atoms with Gasteiger partial charge in [0, 0.05) is 40.4 Å². The van der Waals surface area contributed by atoms with Crippen molar-refractivity contribution in [3.8, 4) is 24.3 Å². The van der Waals surface area contributed by atoms with Crippen molar-refractivity contribution in [1.82, 2.24) is 0 Å². The minimum absolute atomic E-state index is 0.0445. The molecule has 0 unspecified atom stereocenters. The first kappa shape index (κ1) is 18.6. The Morgan fingerprint density at radius 2 is 1.26 bits per heavy atom. The lowest BCUT2D eigenvalue weighted by molar-refractivity contribution is 0.604. The SMILES string of the molecule is Cc1cc2c(=C(C#N)C#N)c3cc(C(C)(C)C)sc3c(=C(C#N)C#N)c2s1. The van der Waals surface area contributed by atoms with Crippen molar-refractivity contribution >= 4 is 54.0 Å². The molecule has 0 N–H and O–H groups in total. The van der Waals surface area contributed by atoms with Crippen LogP contribution in [0.4, 0.5) is 0 Å². The van der Waals surface area contributed by atoms with Gasteiger partial charge in [-0.05, 0) is 24.5 Å². The predicted octanol–water partition coefficient (Wildman–Crippen LogP) is 4.12. The molecule has 0 aliphatic heterocycles. The Labute approximate surface area is 164 Å². The summed E-state index contributed by atoms with van der Waals surface area (Å²) in [7, 11) is 0. The summed E-state index contributed by atoms with van der Waals surface area (Å²) in [5.74, 6) is 0. The first-order valence-electron chi connectivity index (χ1n) is 8.12. The normalized spacial score (nSPS) is 10.8. The molecule has 0 saturated heterocycles. The second-order valence-electron chi connectivity index (χ2n) is 7.15. The van der Waals surface area contributed by atoms with Crippen molar-refractivity contribution in [2.45, 2.75) is 33.1 Å². The van der Waals surface area contributed by atoms with E-state index >= 15 is 0 Å². The van der Waals surface area contributed by atoms with Gasteiger partial charge in [0.25, 0.3) is 0 Å². The fourth-order valence-electron chi connectivity index (χ4n) is 3.04. The van der Waals surface area contributed by atoms with E-state index in [-0.39, 0.29) is 16.6 Å². The van der Waals surface area contributed by atoms with Crippen LogP contribution in [0.5, 0.6) is 0 Å². The summed E-state index contributed by atoms with van der Waals surface area (Å²) in [5.41, 5.74) is -0.0419. The first-order valence-corrected chi connectivity index (χ1v) is 9.75. The molecule has 1 aromatic carbocycles. The number of aryl methyl sites for hydroxylation is 1. The van der Waals surface area contributed by atoms with Gasteiger partial charge in [-0.15, -0.1) is 22.7 Å². The summed E-state index contributed by atoms with van der Waals surface area (Å²) in [6, 6.07) is 12.0. The average Bonchev–Trinajstić information content (AvgIpc) is 3.21. The molecular weight excluding hydrogens is 372 g/mol. The highest BCUT2D eigenvalue weighted by atomic mass is 32.1.